The van der Waals surface area contributed by atoms with Crippen molar-refractivity contribution in [1.82, 2.24) is 89.8 Å². The number of likely N-dealkylation sites (N-methyl/N-ethyl adjacent to an activating group) is 2. The van der Waals surface area contributed by atoms with Crippen LogP contribution in [0.25, 0.3) is 0 Å². The molecule has 7 aromatic rings. The maximum absolute atomic E-state index is 12.4. The van der Waals surface area contributed by atoms with Crippen molar-refractivity contribution in [1.29, 1.82) is 0 Å². The molecule has 3 saturated carbocycles. The molecule has 17 rings (SSSR count). The summed E-state index contributed by atoms with van der Waals surface area (Å²) in [7, 11) is 6.19. The van der Waals surface area contributed by atoms with Crippen LogP contribution in [0, 0.1) is 17.8 Å². The van der Waals surface area contributed by atoms with Gasteiger partial charge in [0, 0.05) is 193 Å². The molecule has 32 heteroatoms. The van der Waals surface area contributed by atoms with Crippen molar-refractivity contribution in [3.05, 3.63) is 119 Å². The predicted molar refractivity (Wildman–Crippen MR) is 560 cm³/mol. The molecule has 0 spiro atoms. The Hall–Kier alpha value is -9.34. The Labute approximate surface area is 832 Å². The summed E-state index contributed by atoms with van der Waals surface area (Å²) in [6, 6.07) is 16.8. The minimum absolute atomic E-state index is 0.00732. The van der Waals surface area contributed by atoms with Gasteiger partial charge in [-0.15, -0.1) is 0 Å². The summed E-state index contributed by atoms with van der Waals surface area (Å²) < 4.78 is 15.6. The second-order valence-electron chi connectivity index (χ2n) is 49.5. The number of hydrogen-bond donors (Lipinski definition) is 8. The molecule has 0 atom stereocenters. The fourth-order valence-corrected chi connectivity index (χ4v) is 16.0. The third kappa shape index (κ3) is 33.7. The van der Waals surface area contributed by atoms with E-state index in [1.807, 2.05) is 24.1 Å². The summed E-state index contributed by atoms with van der Waals surface area (Å²) >= 11 is 0. The van der Waals surface area contributed by atoms with Gasteiger partial charge >= 0.3 is 0 Å². The second-order valence-corrected chi connectivity index (χ2v) is 49.5. The average molecular weight is 1920 g/mol. The van der Waals surface area contributed by atoms with Gasteiger partial charge in [0.15, 0.2) is 0 Å². The molecule has 139 heavy (non-hydrogen) atoms. The topological polar surface area (TPSA) is 363 Å². The largest absolute Gasteiger partial charge is 0.393 e. The van der Waals surface area contributed by atoms with E-state index >= 15 is 0 Å². The monoisotopic (exact) mass is 1920 g/mol. The Kier molecular flexibility index (Phi) is 37.1. The number of carbonyl (C=O) groups excluding carboxylic acids is 2. The molecule has 14 heterocycles. The average Bonchev–Trinajstić information content (AvgIpc) is 0.817. The first-order valence-electron chi connectivity index (χ1n) is 51.4. The molecule has 32 nitrogen and oxygen atoms in total. The van der Waals surface area contributed by atoms with Gasteiger partial charge in [0.2, 0.25) is 23.7 Å². The zero-order valence-electron chi connectivity index (χ0n) is 90.3. The molecule has 7 aliphatic heterocycles. The van der Waals surface area contributed by atoms with Gasteiger partial charge in [-0.05, 0) is 103 Å². The van der Waals surface area contributed by atoms with E-state index < -0.39 is 0 Å². The minimum atomic E-state index is -0.0751. The molecule has 7 aromatic heterocycles. The zero-order chi connectivity index (χ0) is 102. The number of carbonyl (C=O) groups is 2. The van der Waals surface area contributed by atoms with Crippen LogP contribution in [-0.4, -0.2) is 270 Å². The first kappa shape index (κ1) is 110. The zero-order valence-corrected chi connectivity index (χ0v) is 90.3. The summed E-state index contributed by atoms with van der Waals surface area (Å²) in [4.78, 5) is 98.6. The number of likely N-dealkylation sites (tertiary alicyclic amines) is 2. The van der Waals surface area contributed by atoms with Crippen LogP contribution in [0.4, 0.5) is 46.8 Å². The van der Waals surface area contributed by atoms with Crippen LogP contribution in [0.15, 0.2) is 61.4 Å². The lowest BCUT2D eigenvalue weighted by molar-refractivity contribution is -0.142. The highest BCUT2D eigenvalue weighted by atomic mass is 16.5. The van der Waals surface area contributed by atoms with E-state index in [1.165, 1.54) is 12.8 Å². The van der Waals surface area contributed by atoms with Crippen LogP contribution in [0.3, 0.4) is 0 Å². The van der Waals surface area contributed by atoms with Crippen LogP contribution >= 0.6 is 0 Å². The molecule has 8 N–H and O–H groups in total. The molecule has 7 saturated heterocycles. The van der Waals surface area contributed by atoms with Crippen molar-refractivity contribution in [2.75, 3.05) is 168 Å². The lowest BCUT2D eigenvalue weighted by atomic mass is 9.79. The number of amides is 2. The third-order valence-electron chi connectivity index (χ3n) is 26.3. The third-order valence-corrected chi connectivity index (χ3v) is 26.3. The molecule has 10 fully saturated rings. The maximum atomic E-state index is 12.4. The van der Waals surface area contributed by atoms with Crippen LogP contribution < -0.4 is 47.0 Å². The smallest absolute Gasteiger partial charge is 0.227 e. The summed E-state index contributed by atoms with van der Waals surface area (Å²) in [5.41, 5.74) is 8.73. The Morgan fingerprint density at radius 1 is 0.360 bits per heavy atom. The van der Waals surface area contributed by atoms with Crippen LogP contribution in [-0.2, 0) is 79.0 Å². The van der Waals surface area contributed by atoms with E-state index in [0.29, 0.717) is 54.0 Å². The molecule has 768 valence electrons. The number of aromatic nitrogens is 14. The van der Waals surface area contributed by atoms with Gasteiger partial charge in [-0.3, -0.25) is 9.59 Å². The number of ether oxygens (including phenoxy) is 3. The minimum Gasteiger partial charge on any atom is -0.393 e. The van der Waals surface area contributed by atoms with Gasteiger partial charge in [-0.2, -0.15) is 9.97 Å². The summed E-state index contributed by atoms with van der Waals surface area (Å²) in [6.07, 6.45) is 17.3. The number of anilines is 8. The van der Waals surface area contributed by atoms with E-state index in [-0.39, 0.29) is 66.7 Å². The summed E-state index contributed by atoms with van der Waals surface area (Å²) in [5.74, 6) is 10.6. The SMILES string of the molecule is CC(C)(C)c1cc(CC2CC(O)C2)ncn1.CC(C)(C)c1cc(NC2CC(C(=O)N3CCC3)C2)ncn1.CC(C)(C)c1cc(NC2CC(C(=O)N3CCCCC3)C2)ncn1.CC(C)(C)c1cc(NC2CNC2)nc(C(C)(C)C)n1.CC(C)(C)c1cc(NC2COC2)nc(C(C)(C)C)n1.CC(C)(C)c1cc(NC2COC2)nc(N2CCC2)n1.CN(C)CCN(C)c1nc(NC2COC2)cc(C(C)(C)C)n1. The van der Waals surface area contributed by atoms with Crippen LogP contribution in [0.2, 0.25) is 0 Å². The lowest BCUT2D eigenvalue weighted by Gasteiger charge is -2.41. The molecule has 0 unspecified atom stereocenters. The quantitative estimate of drug-likeness (QED) is 0.0331. The van der Waals surface area contributed by atoms with Gasteiger partial charge in [-0.25, -0.2) is 59.8 Å². The molecule has 0 bridgehead atoms. The van der Waals surface area contributed by atoms with Crippen molar-refractivity contribution in [2.45, 2.75) is 355 Å². The van der Waals surface area contributed by atoms with E-state index in [1.54, 1.807) is 19.0 Å². The standard InChI is InChI=1S/C18H28N4O.C16H29N5O.C16H24N4O.C15H26N4.C15H25N3O.C14H22N4O.C13H20N2O/c1-18(2,3)15-11-16(20-12-19-15)21-14-9-13(10-14)17(23)22-7-5-4-6-8-22;1-16(2,3)13-9-14(17-12-10-22-11-12)19-15(18-13)21(6)8-7-20(4)5;1-16(2,3)13-9-14(18-10-17-13)19-12-7-11(8-12)15(21)20-5-4-6-20;1-14(2,3)11-7-12(17-10-8-16-9-10)19-13(18-11)15(4,5)6;1-14(2,3)11-7-12(16-10-8-19-9-10)18-13(17-11)15(4,5)6;1-14(2,3)11-7-12(15-10-8-19-9-10)17-13(16-11)18-5-4-6-18;1-13(2,3)12-7-10(14-8-15-12)4-9-5-11(16)6-9/h11-14H,4-10H2,1-3H3,(H,19,20,21);9,12H,7-8,10-11H2,1-6H3,(H,17,18,19);9-12H,4-8H2,1-3H3,(H,17,18,19);7,10,16H,8-9H2,1-6H3,(H,17,18,19);7,10H,8-9H2,1-6H3,(H,16,17,18);7,10H,4-6,8-9H2,1-3H3,(H,15,16,17);7-9,11,16H,4-6H2,1-3H3. The van der Waals surface area contributed by atoms with E-state index in [2.05, 4.69) is 338 Å². The van der Waals surface area contributed by atoms with Gasteiger partial charge in [0.1, 0.15) is 65.5 Å². The normalized spacial score (nSPS) is 20.7. The highest BCUT2D eigenvalue weighted by Gasteiger charge is 2.41. The van der Waals surface area contributed by atoms with Crippen molar-refractivity contribution >= 4 is 58.6 Å². The van der Waals surface area contributed by atoms with Gasteiger partial charge in [0.05, 0.1) is 104 Å². The maximum Gasteiger partial charge on any atom is 0.227 e. The Morgan fingerprint density at radius 2 is 0.705 bits per heavy atom. The fourth-order valence-electron chi connectivity index (χ4n) is 16.0. The number of piperidine rings is 1. The van der Waals surface area contributed by atoms with Gasteiger partial charge in [0.25, 0.3) is 0 Å². The van der Waals surface area contributed by atoms with Crippen molar-refractivity contribution in [2.24, 2.45) is 17.8 Å². The summed E-state index contributed by atoms with van der Waals surface area (Å²) in [5, 5.41) is 33.2. The first-order chi connectivity index (χ1) is 64.9. The number of aliphatic hydroxyl groups excluding tert-OH is 1. The van der Waals surface area contributed by atoms with Crippen LogP contribution in [0.1, 0.15) is 315 Å². The second kappa shape index (κ2) is 46.8. The van der Waals surface area contributed by atoms with Crippen LogP contribution in [0.5, 0.6) is 0 Å². The Bertz CT molecular complexity index is 4910. The van der Waals surface area contributed by atoms with E-state index in [4.69, 9.17) is 34.1 Å². The van der Waals surface area contributed by atoms with E-state index in [9.17, 15) is 14.7 Å². The molecule has 3 aliphatic carbocycles. The number of aliphatic hydroxyl groups is 1. The highest BCUT2D eigenvalue weighted by Crippen LogP contribution is 2.39. The predicted octanol–water partition coefficient (Wildman–Crippen LogP) is 16.0. The molecular weight excluding hydrogens is 1750 g/mol. The number of nitrogens with one attached hydrogen (secondary N) is 7. The molecular formula is C107H174N26O6. The first-order valence-corrected chi connectivity index (χ1v) is 51.4. The Balaban J connectivity index is 0.000000156. The number of rotatable bonds is 21. The van der Waals surface area contributed by atoms with Crippen molar-refractivity contribution < 1.29 is 28.9 Å². The van der Waals surface area contributed by atoms with Gasteiger partial charge in [-0.1, -0.05) is 187 Å². The van der Waals surface area contributed by atoms with Gasteiger partial charge < -0.3 is 81.0 Å². The van der Waals surface area contributed by atoms with Crippen molar-refractivity contribution in [3.63, 3.8) is 0 Å². The highest BCUT2D eigenvalue weighted by molar-refractivity contribution is 5.81. The molecule has 0 aromatic carbocycles. The lowest BCUT2D eigenvalue weighted by Crippen LogP contribution is -2.51. The number of nitrogens with zero attached hydrogens (tertiary/aromatic N) is 19. The molecule has 10 aliphatic rings. The van der Waals surface area contributed by atoms with E-state index in [0.717, 1.165) is 273 Å². The van der Waals surface area contributed by atoms with Crippen molar-refractivity contribution in [3.8, 4) is 0 Å². The fraction of sp³-hybridized carbons (Fsp3) is 0.720. The molecule has 2 amide bonds. The number of hydrogen-bond acceptors (Lipinski definition) is 30. The Morgan fingerprint density at radius 3 is 1.04 bits per heavy atom. The summed E-state index contributed by atoms with van der Waals surface area (Å²) in [6.45, 7) is 72.9. The molecule has 0 radical (unpaired) electrons.